The second-order valence-electron chi connectivity index (χ2n) is 5.11. The Balaban J connectivity index is 2.23. The van der Waals surface area contributed by atoms with Gasteiger partial charge in [-0.2, -0.15) is 0 Å². The van der Waals surface area contributed by atoms with Gasteiger partial charge in [-0.15, -0.1) is 0 Å². The molecule has 0 saturated heterocycles. The van der Waals surface area contributed by atoms with Crippen molar-refractivity contribution in [3.05, 3.63) is 22.7 Å². The van der Waals surface area contributed by atoms with E-state index >= 15 is 0 Å². The molecule has 1 heterocycles. The normalized spacial score (nSPS) is 15.4. The zero-order valence-corrected chi connectivity index (χ0v) is 12.9. The molecule has 0 spiro atoms. The Labute approximate surface area is 125 Å². The number of halogens is 1. The highest BCUT2D eigenvalue weighted by Crippen LogP contribution is 2.40. The molecule has 0 amide bonds. The van der Waals surface area contributed by atoms with Gasteiger partial charge in [0.15, 0.2) is 11.5 Å². The molecule has 1 aliphatic rings. The molecule has 0 radical (unpaired) electrons. The molecule has 20 heavy (non-hydrogen) atoms. The average molecular weight is 299 g/mol. The van der Waals surface area contributed by atoms with Gasteiger partial charge >= 0.3 is 0 Å². The summed E-state index contributed by atoms with van der Waals surface area (Å²) in [6.07, 6.45) is 2.33. The smallest absolute Gasteiger partial charge is 0.179 e. The zero-order valence-electron chi connectivity index (χ0n) is 12.2. The second-order valence-corrected chi connectivity index (χ2v) is 5.52. The molecule has 1 unspecified atom stereocenters. The summed E-state index contributed by atoms with van der Waals surface area (Å²) in [6, 6.07) is 4.09. The van der Waals surface area contributed by atoms with Crippen LogP contribution in [0.5, 0.6) is 11.5 Å². The van der Waals surface area contributed by atoms with Crippen molar-refractivity contribution in [3.63, 3.8) is 0 Å². The molecular formula is C15H23ClN2O2. The highest BCUT2D eigenvalue weighted by atomic mass is 35.5. The number of hydrogen-bond acceptors (Lipinski definition) is 4. The number of likely N-dealkylation sites (N-methyl/N-ethyl adjacent to an activating group) is 1. The summed E-state index contributed by atoms with van der Waals surface area (Å²) in [5, 5.41) is 0.597. The predicted molar refractivity (Wildman–Crippen MR) is 81.8 cm³/mol. The van der Waals surface area contributed by atoms with Gasteiger partial charge in [0.1, 0.15) is 13.2 Å². The Bertz CT molecular complexity index is 454. The predicted octanol–water partition coefficient (Wildman–Crippen LogP) is 2.84. The quantitative estimate of drug-likeness (QED) is 0.877. The Morgan fingerprint density at radius 1 is 1.35 bits per heavy atom. The molecule has 1 aromatic carbocycles. The topological polar surface area (TPSA) is 47.7 Å². The van der Waals surface area contributed by atoms with Crippen LogP contribution < -0.4 is 15.2 Å². The number of unbranched alkanes of at least 4 members (excludes halogenated alkanes) is 1. The van der Waals surface area contributed by atoms with Crippen LogP contribution in [0.4, 0.5) is 0 Å². The van der Waals surface area contributed by atoms with Gasteiger partial charge in [0.2, 0.25) is 0 Å². The molecule has 2 rings (SSSR count). The zero-order chi connectivity index (χ0) is 14.5. The first kappa shape index (κ1) is 15.4. The fraction of sp³-hybridized carbons (Fsp3) is 0.600. The number of nitrogens with two attached hydrogens (primary N) is 1. The summed E-state index contributed by atoms with van der Waals surface area (Å²) < 4.78 is 11.2. The highest BCUT2D eigenvalue weighted by Gasteiger charge is 2.21. The van der Waals surface area contributed by atoms with Crippen molar-refractivity contribution in [1.82, 2.24) is 4.90 Å². The van der Waals surface area contributed by atoms with Crippen molar-refractivity contribution in [2.75, 3.05) is 33.4 Å². The molecule has 4 nitrogen and oxygen atoms in total. The van der Waals surface area contributed by atoms with E-state index in [0.717, 1.165) is 24.3 Å². The van der Waals surface area contributed by atoms with Gasteiger partial charge in [0.05, 0.1) is 5.02 Å². The first-order valence-electron chi connectivity index (χ1n) is 7.16. The first-order valence-corrected chi connectivity index (χ1v) is 7.54. The van der Waals surface area contributed by atoms with Crippen LogP contribution in [0.2, 0.25) is 5.02 Å². The molecule has 0 aromatic heterocycles. The average Bonchev–Trinajstić information content (AvgIpc) is 2.46. The lowest BCUT2D eigenvalue weighted by molar-refractivity contribution is 0.170. The summed E-state index contributed by atoms with van der Waals surface area (Å²) in [7, 11) is 2.10. The largest absolute Gasteiger partial charge is 0.486 e. The van der Waals surface area contributed by atoms with Crippen molar-refractivity contribution in [2.45, 2.75) is 25.8 Å². The Hall–Kier alpha value is -0.970. The lowest BCUT2D eigenvalue weighted by Gasteiger charge is -2.29. The maximum Gasteiger partial charge on any atom is 0.179 e. The summed E-state index contributed by atoms with van der Waals surface area (Å²) in [5.74, 6) is 1.37. The van der Waals surface area contributed by atoms with Crippen LogP contribution in [-0.2, 0) is 0 Å². The number of nitrogens with zero attached hydrogens (tertiary/aromatic N) is 1. The molecule has 1 atom stereocenters. The number of ether oxygens (including phenoxy) is 2. The minimum Gasteiger partial charge on any atom is -0.486 e. The minimum atomic E-state index is 0.148. The fourth-order valence-electron chi connectivity index (χ4n) is 2.46. The molecule has 0 aliphatic carbocycles. The molecule has 0 bridgehead atoms. The summed E-state index contributed by atoms with van der Waals surface area (Å²) in [6.45, 7) is 4.86. The SMILES string of the molecule is CCCCN(C)C(CN)c1cc(Cl)c2c(c1)OCCO2. The van der Waals surface area contributed by atoms with Gasteiger partial charge in [-0.1, -0.05) is 24.9 Å². The number of rotatable bonds is 6. The number of hydrogen-bond donors (Lipinski definition) is 1. The third-order valence-electron chi connectivity index (χ3n) is 3.62. The summed E-state index contributed by atoms with van der Waals surface area (Å²) >= 11 is 6.29. The van der Waals surface area contributed by atoms with E-state index in [4.69, 9.17) is 26.8 Å². The fourth-order valence-corrected chi connectivity index (χ4v) is 2.73. The molecular weight excluding hydrogens is 276 g/mol. The minimum absolute atomic E-state index is 0.148. The molecule has 1 aliphatic heterocycles. The van der Waals surface area contributed by atoms with Crippen LogP contribution >= 0.6 is 11.6 Å². The molecule has 2 N–H and O–H groups in total. The Morgan fingerprint density at radius 2 is 2.10 bits per heavy atom. The third kappa shape index (κ3) is 3.37. The van der Waals surface area contributed by atoms with Crippen molar-refractivity contribution < 1.29 is 9.47 Å². The van der Waals surface area contributed by atoms with Crippen LogP contribution in [0.3, 0.4) is 0 Å². The maximum absolute atomic E-state index is 6.29. The van der Waals surface area contributed by atoms with E-state index in [1.54, 1.807) is 0 Å². The number of benzene rings is 1. The lowest BCUT2D eigenvalue weighted by atomic mass is 10.0. The first-order chi connectivity index (χ1) is 9.67. The number of fused-ring (bicyclic) bond motifs is 1. The van der Waals surface area contributed by atoms with Crippen LogP contribution in [0, 0.1) is 0 Å². The van der Waals surface area contributed by atoms with E-state index in [-0.39, 0.29) is 6.04 Å². The van der Waals surface area contributed by atoms with Gasteiger partial charge in [-0.25, -0.2) is 0 Å². The summed E-state index contributed by atoms with van der Waals surface area (Å²) in [5.41, 5.74) is 7.03. The Kier molecular flexibility index (Phi) is 5.52. The van der Waals surface area contributed by atoms with Crippen molar-refractivity contribution >= 4 is 11.6 Å². The molecule has 0 fully saturated rings. The van der Waals surface area contributed by atoms with E-state index in [1.165, 1.54) is 6.42 Å². The van der Waals surface area contributed by atoms with Crippen molar-refractivity contribution in [3.8, 4) is 11.5 Å². The van der Waals surface area contributed by atoms with Crippen LogP contribution in [0.15, 0.2) is 12.1 Å². The standard InChI is InChI=1S/C15H23ClN2O2/c1-3-4-5-18(2)13(10-17)11-8-12(16)15-14(9-11)19-6-7-20-15/h8-9,13H,3-7,10,17H2,1-2H3. The van der Waals surface area contributed by atoms with Crippen LogP contribution in [-0.4, -0.2) is 38.3 Å². The van der Waals surface area contributed by atoms with Gasteiger partial charge < -0.3 is 15.2 Å². The van der Waals surface area contributed by atoms with Gasteiger partial charge in [0, 0.05) is 12.6 Å². The van der Waals surface area contributed by atoms with Crippen LogP contribution in [0.25, 0.3) is 0 Å². The summed E-state index contributed by atoms with van der Waals surface area (Å²) in [4.78, 5) is 2.27. The van der Waals surface area contributed by atoms with E-state index < -0.39 is 0 Å². The van der Waals surface area contributed by atoms with Gasteiger partial charge in [-0.3, -0.25) is 4.90 Å². The third-order valence-corrected chi connectivity index (χ3v) is 3.90. The molecule has 5 heteroatoms. The second kappa shape index (κ2) is 7.16. The Morgan fingerprint density at radius 3 is 2.80 bits per heavy atom. The van der Waals surface area contributed by atoms with E-state index in [1.807, 2.05) is 12.1 Å². The monoisotopic (exact) mass is 298 g/mol. The van der Waals surface area contributed by atoms with Crippen LogP contribution in [0.1, 0.15) is 31.4 Å². The van der Waals surface area contributed by atoms with Crippen molar-refractivity contribution in [2.24, 2.45) is 5.73 Å². The molecule has 112 valence electrons. The molecule has 1 aromatic rings. The van der Waals surface area contributed by atoms with E-state index in [2.05, 4.69) is 18.9 Å². The van der Waals surface area contributed by atoms with E-state index in [9.17, 15) is 0 Å². The van der Waals surface area contributed by atoms with Gasteiger partial charge in [-0.05, 0) is 37.7 Å². The van der Waals surface area contributed by atoms with E-state index in [0.29, 0.717) is 30.5 Å². The molecule has 0 saturated carbocycles. The lowest BCUT2D eigenvalue weighted by Crippen LogP contribution is -2.31. The van der Waals surface area contributed by atoms with Crippen molar-refractivity contribution in [1.29, 1.82) is 0 Å². The maximum atomic E-state index is 6.29. The van der Waals surface area contributed by atoms with Gasteiger partial charge in [0.25, 0.3) is 0 Å². The highest BCUT2D eigenvalue weighted by molar-refractivity contribution is 6.32.